The van der Waals surface area contributed by atoms with Crippen molar-refractivity contribution in [2.75, 3.05) is 7.11 Å². The lowest BCUT2D eigenvalue weighted by Gasteiger charge is -2.16. The molecule has 0 aliphatic heterocycles. The molecule has 0 fully saturated rings. The highest BCUT2D eigenvalue weighted by atomic mass is 79.9. The lowest BCUT2D eigenvalue weighted by atomic mass is 10.1. The van der Waals surface area contributed by atoms with Crippen LogP contribution in [0.2, 0.25) is 0 Å². The summed E-state index contributed by atoms with van der Waals surface area (Å²) in [6, 6.07) is 5.47. The van der Waals surface area contributed by atoms with Gasteiger partial charge >= 0.3 is 0 Å². The molecule has 1 unspecified atom stereocenters. The predicted octanol–water partition coefficient (Wildman–Crippen LogP) is 1.80. The summed E-state index contributed by atoms with van der Waals surface area (Å²) in [6.45, 7) is 0. The minimum Gasteiger partial charge on any atom is -0.495 e. The van der Waals surface area contributed by atoms with Crippen LogP contribution in [0, 0.1) is 0 Å². The Balaban J connectivity index is 2.35. The molecule has 0 aromatic carbocycles. The van der Waals surface area contributed by atoms with Gasteiger partial charge in [0, 0.05) is 16.9 Å². The highest BCUT2D eigenvalue weighted by Crippen LogP contribution is 2.23. The third kappa shape index (κ3) is 2.84. The van der Waals surface area contributed by atoms with E-state index in [0.29, 0.717) is 5.75 Å². The number of hydrogen-bond acceptors (Lipinski definition) is 5. The van der Waals surface area contributed by atoms with Gasteiger partial charge in [0.05, 0.1) is 25.0 Å². The monoisotopic (exact) mass is 308 g/mol. The van der Waals surface area contributed by atoms with Gasteiger partial charge in [-0.05, 0) is 39.7 Å². The molecule has 3 N–H and O–H groups in total. The van der Waals surface area contributed by atoms with Gasteiger partial charge < -0.3 is 4.74 Å². The van der Waals surface area contributed by atoms with Crippen LogP contribution in [0.4, 0.5) is 0 Å². The second-order valence-electron chi connectivity index (χ2n) is 3.66. The molecule has 2 aromatic heterocycles. The van der Waals surface area contributed by atoms with Crippen LogP contribution >= 0.6 is 15.9 Å². The van der Waals surface area contributed by atoms with Crippen LogP contribution in [0.3, 0.4) is 0 Å². The van der Waals surface area contributed by atoms with Crippen molar-refractivity contribution < 1.29 is 4.74 Å². The molecule has 0 amide bonds. The zero-order valence-corrected chi connectivity index (χ0v) is 11.4. The summed E-state index contributed by atoms with van der Waals surface area (Å²) in [6.07, 6.45) is 5.11. The number of nitrogens with zero attached hydrogens (tertiary/aromatic N) is 2. The van der Waals surface area contributed by atoms with Crippen molar-refractivity contribution in [2.45, 2.75) is 6.04 Å². The molecule has 94 valence electrons. The summed E-state index contributed by atoms with van der Waals surface area (Å²) >= 11 is 3.35. The van der Waals surface area contributed by atoms with E-state index in [-0.39, 0.29) is 6.04 Å². The fourth-order valence-electron chi connectivity index (χ4n) is 1.62. The van der Waals surface area contributed by atoms with E-state index in [4.69, 9.17) is 10.6 Å². The SMILES string of the molecule is COc1cncc(C(NN)c2ccc(Br)cn2)c1. The van der Waals surface area contributed by atoms with Crippen molar-refractivity contribution >= 4 is 15.9 Å². The quantitative estimate of drug-likeness (QED) is 0.665. The van der Waals surface area contributed by atoms with Gasteiger partial charge in [-0.3, -0.25) is 15.8 Å². The van der Waals surface area contributed by atoms with E-state index in [0.717, 1.165) is 15.7 Å². The van der Waals surface area contributed by atoms with E-state index in [1.165, 1.54) is 0 Å². The lowest BCUT2D eigenvalue weighted by molar-refractivity contribution is 0.411. The molecule has 0 radical (unpaired) electrons. The summed E-state index contributed by atoms with van der Waals surface area (Å²) < 4.78 is 6.07. The molecule has 0 spiro atoms. The molecular weight excluding hydrogens is 296 g/mol. The van der Waals surface area contributed by atoms with Gasteiger partial charge in [-0.2, -0.15) is 0 Å². The standard InChI is InChI=1S/C12H13BrN4O/c1-18-10-4-8(5-15-7-10)12(17-14)11-3-2-9(13)6-16-11/h2-7,12,17H,14H2,1H3. The minimum absolute atomic E-state index is 0.222. The van der Waals surface area contributed by atoms with Crippen LogP contribution in [0.1, 0.15) is 17.3 Å². The first-order valence-electron chi connectivity index (χ1n) is 5.31. The second-order valence-corrected chi connectivity index (χ2v) is 4.57. The average molecular weight is 309 g/mol. The van der Waals surface area contributed by atoms with E-state index in [1.54, 1.807) is 25.7 Å². The lowest BCUT2D eigenvalue weighted by Crippen LogP contribution is -2.29. The number of nitrogens with one attached hydrogen (secondary N) is 1. The average Bonchev–Trinajstić information content (AvgIpc) is 2.42. The smallest absolute Gasteiger partial charge is 0.137 e. The number of halogens is 1. The number of nitrogens with two attached hydrogens (primary N) is 1. The van der Waals surface area contributed by atoms with Crippen molar-refractivity contribution in [1.82, 2.24) is 15.4 Å². The Kier molecular flexibility index (Phi) is 4.24. The number of hydrazine groups is 1. The minimum atomic E-state index is -0.222. The van der Waals surface area contributed by atoms with Crippen molar-refractivity contribution in [3.8, 4) is 5.75 Å². The molecule has 0 saturated heterocycles. The maximum Gasteiger partial charge on any atom is 0.137 e. The summed E-state index contributed by atoms with van der Waals surface area (Å²) in [5.74, 6) is 6.28. The Labute approximate surface area is 113 Å². The van der Waals surface area contributed by atoms with Crippen LogP contribution in [-0.2, 0) is 0 Å². The highest BCUT2D eigenvalue weighted by Gasteiger charge is 2.14. The van der Waals surface area contributed by atoms with Crippen LogP contribution in [0.25, 0.3) is 0 Å². The van der Waals surface area contributed by atoms with E-state index in [2.05, 4.69) is 31.3 Å². The van der Waals surface area contributed by atoms with Gasteiger partial charge in [0.25, 0.3) is 0 Å². The molecule has 0 bridgehead atoms. The number of methoxy groups -OCH3 is 1. The first-order valence-corrected chi connectivity index (χ1v) is 6.10. The van der Waals surface area contributed by atoms with Gasteiger partial charge in [0.15, 0.2) is 0 Å². The van der Waals surface area contributed by atoms with Gasteiger partial charge in [0.1, 0.15) is 5.75 Å². The Hall–Kier alpha value is -1.50. The van der Waals surface area contributed by atoms with Gasteiger partial charge in [0.2, 0.25) is 0 Å². The number of ether oxygens (including phenoxy) is 1. The molecule has 18 heavy (non-hydrogen) atoms. The van der Waals surface area contributed by atoms with E-state index >= 15 is 0 Å². The third-order valence-electron chi connectivity index (χ3n) is 2.52. The Morgan fingerprint density at radius 1 is 1.33 bits per heavy atom. The van der Waals surface area contributed by atoms with E-state index < -0.39 is 0 Å². The summed E-state index contributed by atoms with van der Waals surface area (Å²) in [5, 5.41) is 0. The Bertz CT molecular complexity index is 518. The van der Waals surface area contributed by atoms with Gasteiger partial charge in [-0.1, -0.05) is 0 Å². The molecule has 5 nitrogen and oxygen atoms in total. The number of rotatable bonds is 4. The van der Waals surface area contributed by atoms with Crippen LogP contribution in [0.15, 0.2) is 41.3 Å². The van der Waals surface area contributed by atoms with E-state index in [1.807, 2.05) is 18.2 Å². The number of aromatic nitrogens is 2. The molecule has 2 rings (SSSR count). The largest absolute Gasteiger partial charge is 0.495 e. The van der Waals surface area contributed by atoms with E-state index in [9.17, 15) is 0 Å². The zero-order valence-electron chi connectivity index (χ0n) is 9.80. The molecule has 6 heteroatoms. The highest BCUT2D eigenvalue weighted by molar-refractivity contribution is 9.10. The second kappa shape index (κ2) is 5.90. The molecule has 2 aromatic rings. The van der Waals surface area contributed by atoms with Crippen LogP contribution in [-0.4, -0.2) is 17.1 Å². The summed E-state index contributed by atoms with van der Waals surface area (Å²) in [7, 11) is 1.60. The molecule has 0 aliphatic carbocycles. The first-order chi connectivity index (χ1) is 8.74. The molecule has 1 atom stereocenters. The number of hydrogen-bond donors (Lipinski definition) is 2. The van der Waals surface area contributed by atoms with Crippen molar-refractivity contribution in [3.63, 3.8) is 0 Å². The van der Waals surface area contributed by atoms with Gasteiger partial charge in [-0.15, -0.1) is 0 Å². The van der Waals surface area contributed by atoms with Crippen LogP contribution in [0.5, 0.6) is 5.75 Å². The Morgan fingerprint density at radius 2 is 2.17 bits per heavy atom. The number of pyridine rings is 2. The van der Waals surface area contributed by atoms with Crippen molar-refractivity contribution in [2.24, 2.45) is 5.84 Å². The summed E-state index contributed by atoms with van der Waals surface area (Å²) in [4.78, 5) is 8.43. The fourth-order valence-corrected chi connectivity index (χ4v) is 1.85. The topological polar surface area (TPSA) is 73.1 Å². The third-order valence-corrected chi connectivity index (χ3v) is 2.99. The zero-order chi connectivity index (χ0) is 13.0. The van der Waals surface area contributed by atoms with Gasteiger partial charge in [-0.25, -0.2) is 5.43 Å². The van der Waals surface area contributed by atoms with Crippen molar-refractivity contribution in [1.29, 1.82) is 0 Å². The maximum absolute atomic E-state index is 5.60. The molecule has 2 heterocycles. The fraction of sp³-hybridized carbons (Fsp3) is 0.167. The molecular formula is C12H13BrN4O. The predicted molar refractivity (Wildman–Crippen MR) is 71.9 cm³/mol. The van der Waals surface area contributed by atoms with Crippen molar-refractivity contribution in [3.05, 3.63) is 52.5 Å². The first kappa shape index (κ1) is 12.9. The van der Waals surface area contributed by atoms with Crippen LogP contribution < -0.4 is 16.0 Å². The normalized spacial score (nSPS) is 12.2. The Morgan fingerprint density at radius 3 is 2.78 bits per heavy atom. The maximum atomic E-state index is 5.60. The molecule has 0 saturated carbocycles. The summed E-state index contributed by atoms with van der Waals surface area (Å²) in [5.41, 5.74) is 4.44. The molecule has 0 aliphatic rings.